The largest absolute Gasteiger partial charge is 0.0622 e. The molecular formula is C17H16. The van der Waals surface area contributed by atoms with Gasteiger partial charge in [-0.2, -0.15) is 0 Å². The van der Waals surface area contributed by atoms with E-state index in [-0.39, 0.29) is 0 Å². The van der Waals surface area contributed by atoms with E-state index in [4.69, 9.17) is 0 Å². The monoisotopic (exact) mass is 220 g/mol. The van der Waals surface area contributed by atoms with E-state index in [1.165, 1.54) is 16.7 Å². The van der Waals surface area contributed by atoms with Gasteiger partial charge in [-0.05, 0) is 23.6 Å². The average molecular weight is 220 g/mol. The van der Waals surface area contributed by atoms with E-state index in [1.807, 2.05) is 24.3 Å². The first-order valence-electron chi connectivity index (χ1n) is 5.82. The zero-order chi connectivity index (χ0) is 11.9. The van der Waals surface area contributed by atoms with Crippen molar-refractivity contribution in [3.8, 4) is 0 Å². The van der Waals surface area contributed by atoms with Crippen LogP contribution in [0.25, 0.3) is 11.6 Å². The molecule has 17 heavy (non-hydrogen) atoms. The lowest BCUT2D eigenvalue weighted by molar-refractivity contribution is 1.57. The number of allylic oxidation sites excluding steroid dienone is 3. The Labute approximate surface area is 103 Å². The Kier molecular flexibility index (Phi) is 3.93. The van der Waals surface area contributed by atoms with Gasteiger partial charge in [-0.25, -0.2) is 0 Å². The second kappa shape index (κ2) is 5.86. The third-order valence-electron chi connectivity index (χ3n) is 2.66. The van der Waals surface area contributed by atoms with Crippen LogP contribution in [0.1, 0.15) is 18.1 Å². The maximum Gasteiger partial charge on any atom is -0.0227 e. The zero-order valence-corrected chi connectivity index (χ0v) is 10.0. The molecule has 0 aliphatic heterocycles. The van der Waals surface area contributed by atoms with Crippen LogP contribution in [0.15, 0.2) is 72.8 Å². The Morgan fingerprint density at radius 1 is 0.824 bits per heavy atom. The van der Waals surface area contributed by atoms with Gasteiger partial charge in [0.1, 0.15) is 0 Å². The molecular weight excluding hydrogens is 204 g/mol. The lowest BCUT2D eigenvalue weighted by Crippen LogP contribution is -1.76. The summed E-state index contributed by atoms with van der Waals surface area (Å²) in [6.45, 7) is 2.13. The second-order valence-electron chi connectivity index (χ2n) is 3.99. The molecule has 0 radical (unpaired) electrons. The Bertz CT molecular complexity index is 504. The minimum atomic E-state index is 1.23. The highest BCUT2D eigenvalue weighted by molar-refractivity contribution is 5.67. The summed E-state index contributed by atoms with van der Waals surface area (Å²) in [5.41, 5.74) is 3.77. The molecule has 0 nitrogen and oxygen atoms in total. The molecule has 0 fully saturated rings. The standard InChI is InChI=1S/C17H16/c1-15(17-13-6-3-7-14-17)9-8-12-16-10-4-2-5-11-16/h2-14H,1H3/b12-8?,15-9+. The summed E-state index contributed by atoms with van der Waals surface area (Å²) in [4.78, 5) is 0. The molecule has 0 atom stereocenters. The van der Waals surface area contributed by atoms with Gasteiger partial charge in [0.25, 0.3) is 0 Å². The molecule has 0 N–H and O–H groups in total. The SMILES string of the molecule is C/C(=C\C=Cc1ccccc1)c1ccccc1. The van der Waals surface area contributed by atoms with E-state index < -0.39 is 0 Å². The number of hydrogen-bond acceptors (Lipinski definition) is 0. The highest BCUT2D eigenvalue weighted by atomic mass is 14.0. The summed E-state index contributed by atoms with van der Waals surface area (Å²) in [7, 11) is 0. The van der Waals surface area contributed by atoms with Crippen LogP contribution in [0.3, 0.4) is 0 Å². The molecule has 0 aromatic heterocycles. The van der Waals surface area contributed by atoms with Crippen LogP contribution in [0.2, 0.25) is 0 Å². The molecule has 0 spiro atoms. The molecule has 0 unspecified atom stereocenters. The van der Waals surface area contributed by atoms with E-state index >= 15 is 0 Å². The van der Waals surface area contributed by atoms with Crippen molar-refractivity contribution < 1.29 is 0 Å². The fourth-order valence-corrected chi connectivity index (χ4v) is 1.66. The van der Waals surface area contributed by atoms with Crippen molar-refractivity contribution in [3.63, 3.8) is 0 Å². The predicted octanol–water partition coefficient (Wildman–Crippen LogP) is 4.80. The molecule has 84 valence electrons. The predicted molar refractivity (Wildman–Crippen MR) is 75.6 cm³/mol. The number of rotatable bonds is 3. The summed E-state index contributed by atoms with van der Waals surface area (Å²) in [5, 5.41) is 0. The lowest BCUT2D eigenvalue weighted by atomic mass is 10.1. The Balaban J connectivity index is 2.09. The maximum absolute atomic E-state index is 2.14. The van der Waals surface area contributed by atoms with Crippen molar-refractivity contribution in [1.82, 2.24) is 0 Å². The van der Waals surface area contributed by atoms with Gasteiger partial charge in [0, 0.05) is 0 Å². The smallest absolute Gasteiger partial charge is 0.0227 e. The molecule has 2 rings (SSSR count). The van der Waals surface area contributed by atoms with Crippen molar-refractivity contribution in [2.24, 2.45) is 0 Å². The van der Waals surface area contributed by atoms with Crippen LogP contribution in [0.5, 0.6) is 0 Å². The van der Waals surface area contributed by atoms with Crippen molar-refractivity contribution in [3.05, 3.63) is 83.9 Å². The zero-order valence-electron chi connectivity index (χ0n) is 10.0. The van der Waals surface area contributed by atoms with Crippen LogP contribution >= 0.6 is 0 Å². The van der Waals surface area contributed by atoms with Gasteiger partial charge in [0.15, 0.2) is 0 Å². The van der Waals surface area contributed by atoms with Crippen molar-refractivity contribution >= 4 is 11.6 Å². The fourth-order valence-electron chi connectivity index (χ4n) is 1.66. The molecule has 0 heterocycles. The summed E-state index contributed by atoms with van der Waals surface area (Å²) in [6.07, 6.45) is 6.35. The molecule has 0 aliphatic rings. The third kappa shape index (κ3) is 3.46. The molecule has 0 aliphatic carbocycles. The van der Waals surface area contributed by atoms with E-state index in [2.05, 4.69) is 61.5 Å². The molecule has 0 saturated carbocycles. The summed E-state index contributed by atoms with van der Waals surface area (Å²) in [5.74, 6) is 0. The maximum atomic E-state index is 2.14. The lowest BCUT2D eigenvalue weighted by Gasteiger charge is -1.98. The van der Waals surface area contributed by atoms with Crippen molar-refractivity contribution in [1.29, 1.82) is 0 Å². The minimum absolute atomic E-state index is 1.23. The minimum Gasteiger partial charge on any atom is -0.0622 e. The van der Waals surface area contributed by atoms with E-state index in [9.17, 15) is 0 Å². The quantitative estimate of drug-likeness (QED) is 0.651. The topological polar surface area (TPSA) is 0 Å². The van der Waals surface area contributed by atoms with Gasteiger partial charge in [-0.3, -0.25) is 0 Å². The summed E-state index contributed by atoms with van der Waals surface area (Å²) < 4.78 is 0. The molecule has 0 bridgehead atoms. The summed E-state index contributed by atoms with van der Waals surface area (Å²) in [6, 6.07) is 20.7. The number of benzene rings is 2. The van der Waals surface area contributed by atoms with Crippen LogP contribution < -0.4 is 0 Å². The molecule has 2 aromatic carbocycles. The fraction of sp³-hybridized carbons (Fsp3) is 0.0588. The molecule has 2 aromatic rings. The van der Waals surface area contributed by atoms with Gasteiger partial charge in [0.05, 0.1) is 0 Å². The van der Waals surface area contributed by atoms with Gasteiger partial charge in [0.2, 0.25) is 0 Å². The second-order valence-corrected chi connectivity index (χ2v) is 3.99. The van der Waals surface area contributed by atoms with Crippen molar-refractivity contribution in [2.45, 2.75) is 6.92 Å². The normalized spacial score (nSPS) is 11.9. The first-order chi connectivity index (χ1) is 8.36. The van der Waals surface area contributed by atoms with Gasteiger partial charge >= 0.3 is 0 Å². The highest BCUT2D eigenvalue weighted by Crippen LogP contribution is 2.13. The van der Waals surface area contributed by atoms with E-state index in [1.54, 1.807) is 0 Å². The average Bonchev–Trinajstić information content (AvgIpc) is 2.41. The van der Waals surface area contributed by atoms with Crippen LogP contribution in [-0.2, 0) is 0 Å². The molecule has 0 amide bonds. The Morgan fingerprint density at radius 2 is 1.41 bits per heavy atom. The first kappa shape index (κ1) is 11.4. The number of hydrogen-bond donors (Lipinski definition) is 0. The van der Waals surface area contributed by atoms with Crippen LogP contribution in [-0.4, -0.2) is 0 Å². The Hall–Kier alpha value is -2.08. The van der Waals surface area contributed by atoms with Gasteiger partial charge in [-0.15, -0.1) is 0 Å². The van der Waals surface area contributed by atoms with Crippen LogP contribution in [0, 0.1) is 0 Å². The highest BCUT2D eigenvalue weighted by Gasteiger charge is 1.90. The molecule has 0 heteroatoms. The van der Waals surface area contributed by atoms with E-state index in [0.29, 0.717) is 0 Å². The van der Waals surface area contributed by atoms with Crippen molar-refractivity contribution in [2.75, 3.05) is 0 Å². The Morgan fingerprint density at radius 3 is 2.06 bits per heavy atom. The van der Waals surface area contributed by atoms with Crippen LogP contribution in [0.4, 0.5) is 0 Å². The molecule has 0 saturated heterocycles. The summed E-state index contributed by atoms with van der Waals surface area (Å²) >= 11 is 0. The van der Waals surface area contributed by atoms with Gasteiger partial charge in [-0.1, -0.05) is 78.9 Å². The first-order valence-corrected chi connectivity index (χ1v) is 5.82. The van der Waals surface area contributed by atoms with Gasteiger partial charge < -0.3 is 0 Å². The van der Waals surface area contributed by atoms with E-state index in [0.717, 1.165) is 0 Å². The third-order valence-corrected chi connectivity index (χ3v) is 2.66.